The summed E-state index contributed by atoms with van der Waals surface area (Å²) < 4.78 is 11.3. The Morgan fingerprint density at radius 1 is 1.13 bits per heavy atom. The van der Waals surface area contributed by atoms with Gasteiger partial charge in [-0.05, 0) is 40.4 Å². The van der Waals surface area contributed by atoms with Gasteiger partial charge in [-0.2, -0.15) is 10.5 Å². The first-order chi connectivity index (χ1) is 15.3. The SMILES string of the molecule is N#Cc1c(-c2ccoc2)cc(-c2cccs2)nc1OCc1cccc(-c2nn[nH]n2)c1. The Morgan fingerprint density at radius 3 is 2.84 bits per heavy atom. The molecule has 0 aliphatic rings. The number of thiophene rings is 1. The summed E-state index contributed by atoms with van der Waals surface area (Å²) in [6.07, 6.45) is 3.18. The summed E-state index contributed by atoms with van der Waals surface area (Å²) in [6, 6.07) is 17.5. The van der Waals surface area contributed by atoms with E-state index in [-0.39, 0.29) is 12.5 Å². The van der Waals surface area contributed by atoms with Crippen molar-refractivity contribution in [2.45, 2.75) is 6.61 Å². The second-order valence-electron chi connectivity index (χ2n) is 6.56. The topological polar surface area (TPSA) is 114 Å². The summed E-state index contributed by atoms with van der Waals surface area (Å²) in [5.74, 6) is 0.772. The molecule has 0 fully saturated rings. The number of benzene rings is 1. The number of nitriles is 1. The van der Waals surface area contributed by atoms with Crippen LogP contribution in [-0.2, 0) is 6.61 Å². The van der Waals surface area contributed by atoms with Crippen LogP contribution in [0.25, 0.3) is 33.1 Å². The molecule has 0 amide bonds. The van der Waals surface area contributed by atoms with Gasteiger partial charge in [-0.1, -0.05) is 24.3 Å². The summed E-state index contributed by atoms with van der Waals surface area (Å²) in [6.45, 7) is 0.228. The molecule has 0 aliphatic carbocycles. The van der Waals surface area contributed by atoms with Crippen LogP contribution in [0.15, 0.2) is 70.9 Å². The van der Waals surface area contributed by atoms with E-state index in [9.17, 15) is 5.26 Å². The van der Waals surface area contributed by atoms with Crippen molar-refractivity contribution >= 4 is 11.3 Å². The third-order valence-corrected chi connectivity index (χ3v) is 5.50. The van der Waals surface area contributed by atoms with Gasteiger partial charge in [0.05, 0.1) is 23.1 Å². The number of ether oxygens (including phenoxy) is 1. The Labute approximate surface area is 180 Å². The average Bonchev–Trinajstić information content (AvgIpc) is 3.60. The zero-order chi connectivity index (χ0) is 21.0. The third kappa shape index (κ3) is 3.80. The number of nitrogens with one attached hydrogen (secondary N) is 1. The van der Waals surface area contributed by atoms with Crippen LogP contribution in [0, 0.1) is 11.3 Å². The largest absolute Gasteiger partial charge is 0.472 e. The number of aromatic nitrogens is 5. The second kappa shape index (κ2) is 8.22. The highest BCUT2D eigenvalue weighted by Crippen LogP contribution is 2.35. The smallest absolute Gasteiger partial charge is 0.233 e. The Morgan fingerprint density at radius 2 is 2.10 bits per heavy atom. The number of hydrogen-bond donors (Lipinski definition) is 1. The normalized spacial score (nSPS) is 10.7. The van der Waals surface area contributed by atoms with Crippen molar-refractivity contribution in [1.82, 2.24) is 25.6 Å². The maximum Gasteiger partial charge on any atom is 0.233 e. The van der Waals surface area contributed by atoms with E-state index in [0.29, 0.717) is 17.0 Å². The molecule has 4 aromatic heterocycles. The van der Waals surface area contributed by atoms with Crippen LogP contribution in [-0.4, -0.2) is 25.6 Å². The summed E-state index contributed by atoms with van der Waals surface area (Å²) in [7, 11) is 0. The summed E-state index contributed by atoms with van der Waals surface area (Å²) >= 11 is 1.57. The van der Waals surface area contributed by atoms with Crippen LogP contribution in [0.1, 0.15) is 11.1 Å². The van der Waals surface area contributed by atoms with Crippen molar-refractivity contribution in [3.63, 3.8) is 0 Å². The van der Waals surface area contributed by atoms with Crippen LogP contribution in [0.4, 0.5) is 0 Å². The van der Waals surface area contributed by atoms with Crippen LogP contribution >= 0.6 is 11.3 Å². The molecule has 0 saturated carbocycles. The van der Waals surface area contributed by atoms with E-state index in [1.807, 2.05) is 53.9 Å². The highest BCUT2D eigenvalue weighted by Gasteiger charge is 2.18. The minimum Gasteiger partial charge on any atom is -0.472 e. The number of H-pyrrole nitrogens is 1. The van der Waals surface area contributed by atoms with E-state index in [1.54, 1.807) is 23.9 Å². The number of pyridine rings is 1. The Bertz CT molecular complexity index is 1340. The highest BCUT2D eigenvalue weighted by atomic mass is 32.1. The van der Waals surface area contributed by atoms with Crippen molar-refractivity contribution in [3.8, 4) is 45.0 Å². The van der Waals surface area contributed by atoms with Crippen molar-refractivity contribution in [3.05, 3.63) is 77.6 Å². The molecular weight excluding hydrogens is 412 g/mol. The number of aromatic amines is 1. The second-order valence-corrected chi connectivity index (χ2v) is 7.51. The van der Waals surface area contributed by atoms with Crippen molar-refractivity contribution in [2.24, 2.45) is 0 Å². The highest BCUT2D eigenvalue weighted by molar-refractivity contribution is 7.13. The van der Waals surface area contributed by atoms with Crippen molar-refractivity contribution in [2.75, 3.05) is 0 Å². The lowest BCUT2D eigenvalue weighted by Crippen LogP contribution is -2.02. The molecular formula is C22H14N6O2S. The van der Waals surface area contributed by atoms with Crippen LogP contribution in [0.3, 0.4) is 0 Å². The van der Waals surface area contributed by atoms with Gasteiger partial charge in [-0.3, -0.25) is 0 Å². The summed E-state index contributed by atoms with van der Waals surface area (Å²) in [5, 5.41) is 25.9. The first-order valence-corrected chi connectivity index (χ1v) is 10.2. The lowest BCUT2D eigenvalue weighted by molar-refractivity contribution is 0.293. The molecule has 5 rings (SSSR count). The Kier molecular flexibility index (Phi) is 4.96. The molecule has 0 bridgehead atoms. The van der Waals surface area contributed by atoms with E-state index in [0.717, 1.165) is 27.3 Å². The number of furan rings is 1. The first kappa shape index (κ1) is 18.7. The Balaban J connectivity index is 1.51. The first-order valence-electron chi connectivity index (χ1n) is 9.29. The monoisotopic (exact) mass is 426 g/mol. The van der Waals surface area contributed by atoms with E-state index in [2.05, 4.69) is 31.7 Å². The maximum absolute atomic E-state index is 9.86. The van der Waals surface area contributed by atoms with Gasteiger partial charge >= 0.3 is 0 Å². The molecule has 0 spiro atoms. The molecule has 8 nitrogen and oxygen atoms in total. The fraction of sp³-hybridized carbons (Fsp3) is 0.0455. The van der Waals surface area contributed by atoms with Crippen LogP contribution < -0.4 is 4.74 Å². The average molecular weight is 426 g/mol. The number of tetrazole rings is 1. The predicted octanol–water partition coefficient (Wildman–Crippen LogP) is 4.70. The van der Waals surface area contributed by atoms with Gasteiger partial charge in [-0.25, -0.2) is 4.98 Å². The van der Waals surface area contributed by atoms with Gasteiger partial charge in [0.15, 0.2) is 0 Å². The molecule has 0 aliphatic heterocycles. The van der Waals surface area contributed by atoms with Gasteiger partial charge in [-0.15, -0.1) is 21.5 Å². The minimum atomic E-state index is 0.228. The molecule has 9 heteroatoms. The van der Waals surface area contributed by atoms with E-state index in [1.165, 1.54) is 0 Å². The van der Waals surface area contributed by atoms with Crippen LogP contribution in [0.5, 0.6) is 5.88 Å². The summed E-state index contributed by atoms with van der Waals surface area (Å²) in [4.78, 5) is 5.62. The fourth-order valence-electron chi connectivity index (χ4n) is 3.17. The molecule has 150 valence electrons. The molecule has 0 saturated heterocycles. The zero-order valence-electron chi connectivity index (χ0n) is 16.0. The van der Waals surface area contributed by atoms with Gasteiger partial charge < -0.3 is 9.15 Å². The van der Waals surface area contributed by atoms with E-state index < -0.39 is 0 Å². The molecule has 31 heavy (non-hydrogen) atoms. The third-order valence-electron chi connectivity index (χ3n) is 4.61. The lowest BCUT2D eigenvalue weighted by atomic mass is 10.0. The lowest BCUT2D eigenvalue weighted by Gasteiger charge is -2.12. The maximum atomic E-state index is 9.86. The molecule has 0 atom stereocenters. The molecule has 0 unspecified atom stereocenters. The minimum absolute atomic E-state index is 0.228. The standard InChI is InChI=1S/C22H14N6O2S/c23-11-18-17(16-6-7-29-13-16)10-19(20-5-2-8-31-20)24-22(18)30-12-14-3-1-4-15(9-14)21-25-27-28-26-21/h1-10,13H,12H2,(H,25,26,27,28). The number of rotatable bonds is 6. The van der Waals surface area contributed by atoms with Gasteiger partial charge in [0.2, 0.25) is 11.7 Å². The fourth-order valence-corrected chi connectivity index (χ4v) is 3.85. The quantitative estimate of drug-likeness (QED) is 0.418. The summed E-state index contributed by atoms with van der Waals surface area (Å²) in [5.41, 5.74) is 4.30. The molecule has 1 N–H and O–H groups in total. The van der Waals surface area contributed by atoms with E-state index in [4.69, 9.17) is 9.15 Å². The Hall–Kier alpha value is -4.29. The zero-order valence-corrected chi connectivity index (χ0v) is 16.8. The van der Waals surface area contributed by atoms with Gasteiger partial charge in [0, 0.05) is 16.7 Å². The molecule has 0 radical (unpaired) electrons. The van der Waals surface area contributed by atoms with Crippen molar-refractivity contribution in [1.29, 1.82) is 5.26 Å². The van der Waals surface area contributed by atoms with E-state index >= 15 is 0 Å². The predicted molar refractivity (Wildman–Crippen MR) is 114 cm³/mol. The molecule has 4 heterocycles. The van der Waals surface area contributed by atoms with Crippen molar-refractivity contribution < 1.29 is 9.15 Å². The molecule has 1 aromatic carbocycles. The molecule has 5 aromatic rings. The van der Waals surface area contributed by atoms with Crippen LogP contribution in [0.2, 0.25) is 0 Å². The number of nitrogens with zero attached hydrogens (tertiary/aromatic N) is 5. The van der Waals surface area contributed by atoms with Gasteiger partial charge in [0.1, 0.15) is 18.2 Å². The van der Waals surface area contributed by atoms with Gasteiger partial charge in [0.25, 0.3) is 0 Å². The number of hydrogen-bond acceptors (Lipinski definition) is 8.